The van der Waals surface area contributed by atoms with E-state index in [0.717, 1.165) is 5.56 Å². The van der Waals surface area contributed by atoms with Crippen molar-refractivity contribution in [1.29, 1.82) is 0 Å². The van der Waals surface area contributed by atoms with Crippen molar-refractivity contribution < 1.29 is 14.1 Å². The van der Waals surface area contributed by atoms with Crippen LogP contribution < -0.4 is 5.43 Å². The molecule has 0 spiro atoms. The lowest BCUT2D eigenvalue weighted by Gasteiger charge is -2.19. The normalized spacial score (nSPS) is 11.6. The van der Waals surface area contributed by atoms with Gasteiger partial charge in [-0.15, -0.1) is 0 Å². The summed E-state index contributed by atoms with van der Waals surface area (Å²) < 4.78 is 5.60. The zero-order chi connectivity index (χ0) is 21.7. The van der Waals surface area contributed by atoms with Crippen LogP contribution >= 0.6 is 0 Å². The number of benzene rings is 2. The Balaban J connectivity index is 1.60. The molecule has 1 heterocycles. The van der Waals surface area contributed by atoms with Crippen molar-refractivity contribution in [3.63, 3.8) is 0 Å². The molecule has 7 heteroatoms. The second-order valence-electron chi connectivity index (χ2n) is 7.89. The smallest absolute Gasteiger partial charge is 0.280 e. The van der Waals surface area contributed by atoms with E-state index < -0.39 is 4.92 Å². The number of para-hydroxylation sites is 1. The summed E-state index contributed by atoms with van der Waals surface area (Å²) in [7, 11) is 0. The summed E-state index contributed by atoms with van der Waals surface area (Å²) in [6, 6.07) is 17.5. The molecule has 0 aliphatic rings. The zero-order valence-electron chi connectivity index (χ0n) is 17.1. The summed E-state index contributed by atoms with van der Waals surface area (Å²) in [5.41, 5.74) is 4.97. The minimum absolute atomic E-state index is 0.0406. The Morgan fingerprint density at radius 3 is 2.47 bits per heavy atom. The highest BCUT2D eigenvalue weighted by Crippen LogP contribution is 2.30. The van der Waals surface area contributed by atoms with Crippen molar-refractivity contribution in [1.82, 2.24) is 5.43 Å². The van der Waals surface area contributed by atoms with Crippen LogP contribution in [0.3, 0.4) is 0 Å². The molecule has 0 radical (unpaired) electrons. The molecule has 0 unspecified atom stereocenters. The van der Waals surface area contributed by atoms with Gasteiger partial charge in [0.2, 0.25) is 5.91 Å². The quantitative estimate of drug-likeness (QED) is 0.360. The molecule has 3 rings (SSSR count). The number of furan rings is 1. The van der Waals surface area contributed by atoms with Crippen LogP contribution in [0.15, 0.2) is 70.2 Å². The maximum atomic E-state index is 12.1. The Hall–Kier alpha value is -3.74. The van der Waals surface area contributed by atoms with Crippen LogP contribution in [0.1, 0.15) is 37.7 Å². The first-order valence-electron chi connectivity index (χ1n) is 9.49. The van der Waals surface area contributed by atoms with E-state index in [1.54, 1.807) is 30.3 Å². The number of nitro benzene ring substituents is 1. The number of rotatable bonds is 6. The van der Waals surface area contributed by atoms with Crippen LogP contribution in [0.5, 0.6) is 0 Å². The maximum absolute atomic E-state index is 12.1. The molecule has 1 aromatic heterocycles. The molecule has 154 valence electrons. The van der Waals surface area contributed by atoms with Gasteiger partial charge >= 0.3 is 0 Å². The van der Waals surface area contributed by atoms with Gasteiger partial charge in [-0.25, -0.2) is 5.43 Å². The third-order valence-corrected chi connectivity index (χ3v) is 4.56. The van der Waals surface area contributed by atoms with Gasteiger partial charge in [0.15, 0.2) is 0 Å². The van der Waals surface area contributed by atoms with Crippen LogP contribution in [-0.4, -0.2) is 17.0 Å². The number of carbonyl (C=O) groups excluding carboxylic acids is 1. The first kappa shape index (κ1) is 21.0. The first-order valence-corrected chi connectivity index (χ1v) is 9.49. The van der Waals surface area contributed by atoms with Crippen molar-refractivity contribution in [2.45, 2.75) is 32.6 Å². The Morgan fingerprint density at radius 2 is 1.80 bits per heavy atom. The Labute approximate surface area is 174 Å². The minimum Gasteiger partial charge on any atom is -0.455 e. The summed E-state index contributed by atoms with van der Waals surface area (Å²) in [5.74, 6) is 0.479. The van der Waals surface area contributed by atoms with E-state index in [-0.39, 0.29) is 23.4 Å². The molecule has 7 nitrogen and oxygen atoms in total. The molecule has 0 aliphatic carbocycles. The SMILES string of the molecule is CC(C)(C)c1ccc(CC(=O)NN=Cc2ccc(-c3ccccc3[N+](=O)[O-])o2)cc1. The average molecular weight is 405 g/mol. The molecule has 1 N–H and O–H groups in total. The van der Waals surface area contributed by atoms with Gasteiger partial charge in [-0.05, 0) is 34.7 Å². The Kier molecular flexibility index (Phi) is 6.11. The third-order valence-electron chi connectivity index (χ3n) is 4.56. The second-order valence-corrected chi connectivity index (χ2v) is 7.89. The van der Waals surface area contributed by atoms with Gasteiger partial charge in [-0.2, -0.15) is 5.10 Å². The number of nitrogens with zero attached hydrogens (tertiary/aromatic N) is 2. The fourth-order valence-electron chi connectivity index (χ4n) is 2.92. The van der Waals surface area contributed by atoms with E-state index in [1.165, 1.54) is 17.8 Å². The molecular weight excluding hydrogens is 382 g/mol. The van der Waals surface area contributed by atoms with Crippen molar-refractivity contribution in [3.8, 4) is 11.3 Å². The summed E-state index contributed by atoms with van der Waals surface area (Å²) in [6.45, 7) is 6.42. The number of nitro groups is 1. The predicted molar refractivity (Wildman–Crippen MR) is 115 cm³/mol. The molecule has 1 amide bonds. The third kappa shape index (κ3) is 5.20. The predicted octanol–water partition coefficient (Wildman–Crippen LogP) is 4.85. The molecule has 0 fully saturated rings. The standard InChI is InChI=1S/C23H23N3O4/c1-23(2,3)17-10-8-16(9-11-17)14-22(27)25-24-15-18-12-13-21(30-18)19-6-4-5-7-20(19)26(28)29/h4-13,15H,14H2,1-3H3,(H,25,27). The summed E-state index contributed by atoms with van der Waals surface area (Å²) >= 11 is 0. The number of hydrazone groups is 1. The largest absolute Gasteiger partial charge is 0.455 e. The fraction of sp³-hybridized carbons (Fsp3) is 0.217. The summed E-state index contributed by atoms with van der Waals surface area (Å²) in [5, 5.41) is 15.1. The lowest BCUT2D eigenvalue weighted by Crippen LogP contribution is -2.20. The average Bonchev–Trinajstić information content (AvgIpc) is 3.16. The first-order chi connectivity index (χ1) is 14.2. The highest BCUT2D eigenvalue weighted by atomic mass is 16.6. The van der Waals surface area contributed by atoms with Crippen molar-refractivity contribution in [2.24, 2.45) is 5.10 Å². The van der Waals surface area contributed by atoms with E-state index in [4.69, 9.17) is 4.42 Å². The Morgan fingerprint density at radius 1 is 1.10 bits per heavy atom. The van der Waals surface area contributed by atoms with Gasteiger partial charge in [0.1, 0.15) is 11.5 Å². The van der Waals surface area contributed by atoms with E-state index in [9.17, 15) is 14.9 Å². The number of nitrogens with one attached hydrogen (secondary N) is 1. The summed E-state index contributed by atoms with van der Waals surface area (Å²) in [4.78, 5) is 22.8. The van der Waals surface area contributed by atoms with Crippen LogP contribution in [0.4, 0.5) is 5.69 Å². The molecule has 0 saturated carbocycles. The molecule has 0 atom stereocenters. The molecule has 0 aliphatic heterocycles. The number of amides is 1. The highest BCUT2D eigenvalue weighted by Gasteiger charge is 2.17. The van der Waals surface area contributed by atoms with Gasteiger partial charge in [0.25, 0.3) is 5.69 Å². The Bertz CT molecular complexity index is 1080. The fourth-order valence-corrected chi connectivity index (χ4v) is 2.92. The van der Waals surface area contributed by atoms with Crippen LogP contribution in [0.2, 0.25) is 0 Å². The lowest BCUT2D eigenvalue weighted by molar-refractivity contribution is -0.384. The van der Waals surface area contributed by atoms with E-state index in [1.807, 2.05) is 24.3 Å². The van der Waals surface area contributed by atoms with Crippen molar-refractivity contribution >= 4 is 17.8 Å². The molecule has 3 aromatic rings. The minimum atomic E-state index is -0.458. The van der Waals surface area contributed by atoms with Gasteiger partial charge in [0, 0.05) is 6.07 Å². The maximum Gasteiger partial charge on any atom is 0.280 e. The van der Waals surface area contributed by atoms with Gasteiger partial charge < -0.3 is 4.42 Å². The monoisotopic (exact) mass is 405 g/mol. The van der Waals surface area contributed by atoms with Gasteiger partial charge in [0.05, 0.1) is 23.1 Å². The van der Waals surface area contributed by atoms with Crippen LogP contribution in [0, 0.1) is 10.1 Å². The molecule has 2 aromatic carbocycles. The number of hydrogen-bond acceptors (Lipinski definition) is 5. The summed E-state index contributed by atoms with van der Waals surface area (Å²) in [6.07, 6.45) is 1.57. The number of hydrogen-bond donors (Lipinski definition) is 1. The topological polar surface area (TPSA) is 97.7 Å². The second kappa shape index (κ2) is 8.73. The van der Waals surface area contributed by atoms with Crippen LogP contribution in [0.25, 0.3) is 11.3 Å². The van der Waals surface area contributed by atoms with E-state index in [2.05, 4.69) is 31.3 Å². The lowest BCUT2D eigenvalue weighted by atomic mass is 9.86. The van der Waals surface area contributed by atoms with Crippen LogP contribution in [-0.2, 0) is 16.6 Å². The van der Waals surface area contributed by atoms with Gasteiger partial charge in [-0.3, -0.25) is 14.9 Å². The van der Waals surface area contributed by atoms with Gasteiger partial charge in [-0.1, -0.05) is 57.2 Å². The highest BCUT2D eigenvalue weighted by molar-refractivity contribution is 5.82. The molecule has 30 heavy (non-hydrogen) atoms. The zero-order valence-corrected chi connectivity index (χ0v) is 17.1. The number of carbonyl (C=O) groups is 1. The molecule has 0 saturated heterocycles. The van der Waals surface area contributed by atoms with E-state index in [0.29, 0.717) is 17.1 Å². The van der Waals surface area contributed by atoms with Crippen molar-refractivity contribution in [3.05, 3.63) is 87.7 Å². The van der Waals surface area contributed by atoms with Crippen molar-refractivity contribution in [2.75, 3.05) is 0 Å². The molecule has 0 bridgehead atoms. The van der Waals surface area contributed by atoms with E-state index >= 15 is 0 Å². The molecular formula is C23H23N3O4.